The van der Waals surface area contributed by atoms with Crippen molar-refractivity contribution in [1.82, 2.24) is 0 Å². The SMILES string of the molecule is Cc1cc(OCCCC(=O)[O-])c(Br)c(C)c1Cl. The van der Waals surface area contributed by atoms with Crippen LogP contribution in [0.1, 0.15) is 24.0 Å². The zero-order valence-corrected chi connectivity index (χ0v) is 12.0. The molecule has 1 rings (SSSR count). The molecule has 0 atom stereocenters. The minimum absolute atomic E-state index is 0.00315. The van der Waals surface area contributed by atoms with Gasteiger partial charge in [0.2, 0.25) is 0 Å². The number of ether oxygens (including phenoxy) is 1. The molecule has 0 saturated heterocycles. The summed E-state index contributed by atoms with van der Waals surface area (Å²) >= 11 is 9.49. The van der Waals surface area contributed by atoms with Crippen molar-refractivity contribution in [3.63, 3.8) is 0 Å². The number of halogens is 2. The Hall–Kier alpha value is -0.740. The number of benzene rings is 1. The van der Waals surface area contributed by atoms with E-state index in [9.17, 15) is 9.90 Å². The third kappa shape index (κ3) is 3.89. The number of carboxylic acid groups (broad SMARTS) is 1. The number of aliphatic carboxylic acids is 1. The highest BCUT2D eigenvalue weighted by Crippen LogP contribution is 2.35. The number of carbonyl (C=O) groups excluding carboxylic acids is 1. The minimum atomic E-state index is -1.06. The van der Waals surface area contributed by atoms with Gasteiger partial charge in [0, 0.05) is 11.0 Å². The summed E-state index contributed by atoms with van der Waals surface area (Å²) in [7, 11) is 0. The number of hydrogen-bond donors (Lipinski definition) is 0. The van der Waals surface area contributed by atoms with E-state index in [2.05, 4.69) is 15.9 Å². The monoisotopic (exact) mass is 319 g/mol. The number of carboxylic acids is 1. The maximum absolute atomic E-state index is 10.2. The second-order valence-electron chi connectivity index (χ2n) is 3.77. The minimum Gasteiger partial charge on any atom is -0.550 e. The summed E-state index contributed by atoms with van der Waals surface area (Å²) in [4.78, 5) is 10.2. The number of carbonyl (C=O) groups is 1. The molecule has 0 aliphatic heterocycles. The van der Waals surface area contributed by atoms with E-state index < -0.39 is 5.97 Å². The molecule has 1 aromatic rings. The average molecular weight is 321 g/mol. The van der Waals surface area contributed by atoms with E-state index in [1.165, 1.54) is 0 Å². The third-order valence-electron chi connectivity index (χ3n) is 2.35. The van der Waals surface area contributed by atoms with E-state index >= 15 is 0 Å². The molecule has 0 aromatic heterocycles. The van der Waals surface area contributed by atoms with Crippen LogP contribution in [0.2, 0.25) is 5.02 Å². The van der Waals surface area contributed by atoms with Crippen LogP contribution >= 0.6 is 27.5 Å². The first-order chi connectivity index (χ1) is 7.93. The van der Waals surface area contributed by atoms with Gasteiger partial charge in [0.25, 0.3) is 0 Å². The molecule has 0 aliphatic carbocycles. The van der Waals surface area contributed by atoms with Gasteiger partial charge in [-0.25, -0.2) is 0 Å². The number of rotatable bonds is 5. The fourth-order valence-corrected chi connectivity index (χ4v) is 2.09. The van der Waals surface area contributed by atoms with Crippen LogP contribution in [0.3, 0.4) is 0 Å². The van der Waals surface area contributed by atoms with Crippen LogP contribution in [0, 0.1) is 13.8 Å². The Bertz CT molecular complexity index is 432. The molecule has 0 fully saturated rings. The predicted octanol–water partition coefficient (Wildman–Crippen LogP) is 2.63. The lowest BCUT2D eigenvalue weighted by molar-refractivity contribution is -0.305. The lowest BCUT2D eigenvalue weighted by Gasteiger charge is -2.13. The summed E-state index contributed by atoms with van der Waals surface area (Å²) < 4.78 is 6.31. The summed E-state index contributed by atoms with van der Waals surface area (Å²) in [5.41, 5.74) is 1.85. The average Bonchev–Trinajstić information content (AvgIpc) is 2.27. The highest BCUT2D eigenvalue weighted by atomic mass is 79.9. The quantitative estimate of drug-likeness (QED) is 0.784. The molecule has 0 aliphatic rings. The zero-order chi connectivity index (χ0) is 13.0. The molecule has 1 aromatic carbocycles. The van der Waals surface area contributed by atoms with Gasteiger partial charge in [-0.2, -0.15) is 0 Å². The Morgan fingerprint density at radius 3 is 2.76 bits per heavy atom. The molecular weight excluding hydrogens is 307 g/mol. The van der Waals surface area contributed by atoms with Crippen LogP contribution in [-0.2, 0) is 4.79 Å². The molecule has 0 radical (unpaired) electrons. The van der Waals surface area contributed by atoms with Crippen LogP contribution in [0.5, 0.6) is 5.75 Å². The van der Waals surface area contributed by atoms with Gasteiger partial charge < -0.3 is 14.6 Å². The Labute approximate surface area is 114 Å². The molecule has 0 unspecified atom stereocenters. The van der Waals surface area contributed by atoms with Gasteiger partial charge in [-0.3, -0.25) is 0 Å². The lowest BCUT2D eigenvalue weighted by atomic mass is 10.1. The zero-order valence-electron chi connectivity index (χ0n) is 9.68. The Kier molecular flexibility index (Phi) is 5.28. The fraction of sp³-hybridized carbons (Fsp3) is 0.417. The molecule has 0 bridgehead atoms. The van der Waals surface area contributed by atoms with Crippen LogP contribution < -0.4 is 9.84 Å². The molecule has 0 N–H and O–H groups in total. The second kappa shape index (κ2) is 6.26. The third-order valence-corrected chi connectivity index (χ3v) is 3.92. The molecule has 94 valence electrons. The molecule has 0 saturated carbocycles. The topological polar surface area (TPSA) is 49.4 Å². The smallest absolute Gasteiger partial charge is 0.134 e. The van der Waals surface area contributed by atoms with Crippen molar-refractivity contribution < 1.29 is 14.6 Å². The first kappa shape index (κ1) is 14.3. The van der Waals surface area contributed by atoms with Crippen molar-refractivity contribution in [2.24, 2.45) is 0 Å². The van der Waals surface area contributed by atoms with E-state index in [0.29, 0.717) is 23.8 Å². The van der Waals surface area contributed by atoms with Gasteiger partial charge in [0.1, 0.15) is 5.75 Å². The molecule has 3 nitrogen and oxygen atoms in total. The van der Waals surface area contributed by atoms with Gasteiger partial charge in [-0.15, -0.1) is 0 Å². The number of aryl methyl sites for hydroxylation is 1. The fourth-order valence-electron chi connectivity index (χ4n) is 1.40. The summed E-state index contributed by atoms with van der Waals surface area (Å²) in [6, 6.07) is 1.83. The highest BCUT2D eigenvalue weighted by Gasteiger charge is 2.10. The molecule has 5 heteroatoms. The summed E-state index contributed by atoms with van der Waals surface area (Å²) in [6.45, 7) is 4.14. The standard InChI is InChI=1S/C12H14BrClO3/c1-7-6-9(11(13)8(2)12(7)14)17-5-3-4-10(15)16/h6H,3-5H2,1-2H3,(H,15,16)/p-1. The first-order valence-corrected chi connectivity index (χ1v) is 6.38. The molecular formula is C12H13BrClO3-. The van der Waals surface area contributed by atoms with Crippen molar-refractivity contribution >= 4 is 33.5 Å². The van der Waals surface area contributed by atoms with Crippen molar-refractivity contribution in [1.29, 1.82) is 0 Å². The van der Waals surface area contributed by atoms with E-state index in [-0.39, 0.29) is 6.42 Å². The summed E-state index contributed by atoms with van der Waals surface area (Å²) in [5.74, 6) is -0.376. The largest absolute Gasteiger partial charge is 0.550 e. The highest BCUT2D eigenvalue weighted by molar-refractivity contribution is 9.10. The Morgan fingerprint density at radius 1 is 1.53 bits per heavy atom. The van der Waals surface area contributed by atoms with Gasteiger partial charge in [-0.1, -0.05) is 11.6 Å². The molecule has 0 heterocycles. The molecule has 0 amide bonds. The van der Waals surface area contributed by atoms with Crippen molar-refractivity contribution in [2.45, 2.75) is 26.7 Å². The lowest BCUT2D eigenvalue weighted by Crippen LogP contribution is -2.22. The van der Waals surface area contributed by atoms with Crippen LogP contribution in [0.25, 0.3) is 0 Å². The van der Waals surface area contributed by atoms with Crippen molar-refractivity contribution in [3.05, 3.63) is 26.7 Å². The maximum atomic E-state index is 10.2. The van der Waals surface area contributed by atoms with Gasteiger partial charge in [0.05, 0.1) is 11.1 Å². The van der Waals surface area contributed by atoms with Crippen molar-refractivity contribution in [2.75, 3.05) is 6.61 Å². The van der Waals surface area contributed by atoms with Crippen LogP contribution in [0.4, 0.5) is 0 Å². The summed E-state index contributed by atoms with van der Waals surface area (Å²) in [5, 5.41) is 10.9. The van der Waals surface area contributed by atoms with E-state index in [0.717, 1.165) is 15.6 Å². The van der Waals surface area contributed by atoms with Crippen LogP contribution in [0.15, 0.2) is 10.5 Å². The second-order valence-corrected chi connectivity index (χ2v) is 4.94. The Morgan fingerprint density at radius 2 is 2.18 bits per heavy atom. The predicted molar refractivity (Wildman–Crippen MR) is 68.4 cm³/mol. The molecule has 0 spiro atoms. The van der Waals surface area contributed by atoms with E-state index in [1.807, 2.05) is 19.9 Å². The van der Waals surface area contributed by atoms with Crippen molar-refractivity contribution in [3.8, 4) is 5.75 Å². The first-order valence-electron chi connectivity index (χ1n) is 5.21. The normalized spacial score (nSPS) is 10.4. The molecule has 17 heavy (non-hydrogen) atoms. The van der Waals surface area contributed by atoms with Gasteiger partial charge in [-0.05, 0) is 59.8 Å². The van der Waals surface area contributed by atoms with E-state index in [1.54, 1.807) is 0 Å². The van der Waals surface area contributed by atoms with Gasteiger partial charge >= 0.3 is 0 Å². The number of hydrogen-bond acceptors (Lipinski definition) is 3. The summed E-state index contributed by atoms with van der Waals surface area (Å²) in [6.07, 6.45) is 0.429. The van der Waals surface area contributed by atoms with Gasteiger partial charge in [0.15, 0.2) is 0 Å². The van der Waals surface area contributed by atoms with E-state index in [4.69, 9.17) is 16.3 Å². The Balaban J connectivity index is 2.69. The van der Waals surface area contributed by atoms with Crippen LogP contribution in [-0.4, -0.2) is 12.6 Å². The maximum Gasteiger partial charge on any atom is 0.134 e.